The summed E-state index contributed by atoms with van der Waals surface area (Å²) in [4.78, 5) is 0. The quantitative estimate of drug-likeness (QED) is 0.275. The van der Waals surface area contributed by atoms with Gasteiger partial charge >= 0.3 is 128 Å². The van der Waals surface area contributed by atoms with Crippen LogP contribution in [0.2, 0.25) is 3.17 Å². The van der Waals surface area contributed by atoms with Gasteiger partial charge in [-0.15, -0.1) is 0 Å². The van der Waals surface area contributed by atoms with Crippen LogP contribution in [0.25, 0.3) is 0 Å². The van der Waals surface area contributed by atoms with Gasteiger partial charge in [0.25, 0.3) is 0 Å². The van der Waals surface area contributed by atoms with E-state index < -0.39 is 0 Å². The van der Waals surface area contributed by atoms with Crippen LogP contribution in [-0.2, 0) is 0 Å². The second-order valence-corrected chi connectivity index (χ2v) is 7.50. The molecule has 1 unspecified atom stereocenters. The van der Waals surface area contributed by atoms with Gasteiger partial charge in [-0.1, -0.05) is 0 Å². The first-order chi connectivity index (χ1) is 8.31. The standard InChI is InChI=1S/C16H33.Na/c1-3-5-7-9-11-13-15-16-14-12-10-8-6-4-2;/h11H,3-10,12-16H2,1-2H3;. The van der Waals surface area contributed by atoms with Crippen molar-refractivity contribution < 1.29 is 0 Å². The predicted molar refractivity (Wildman–Crippen MR) is 80.9 cm³/mol. The molecule has 0 radical (unpaired) electrons. The van der Waals surface area contributed by atoms with E-state index in [1.54, 1.807) is 0 Å². The average Bonchev–Trinajstić information content (AvgIpc) is 2.33. The van der Waals surface area contributed by atoms with Crippen LogP contribution in [0.1, 0.15) is 97.3 Å². The van der Waals surface area contributed by atoms with E-state index in [9.17, 15) is 0 Å². The summed E-state index contributed by atoms with van der Waals surface area (Å²) in [7, 11) is 0. The van der Waals surface area contributed by atoms with Crippen molar-refractivity contribution in [2.24, 2.45) is 0 Å². The maximum atomic E-state index is 2.31. The van der Waals surface area contributed by atoms with Crippen molar-refractivity contribution in [3.8, 4) is 0 Å². The van der Waals surface area contributed by atoms with E-state index in [0.717, 1.165) is 3.17 Å². The topological polar surface area (TPSA) is 0 Å². The minimum atomic E-state index is 1.11. The van der Waals surface area contributed by atoms with E-state index in [1.165, 1.54) is 111 Å². The number of unbranched alkanes of at least 4 members (excludes halogenated alkanes) is 9. The third kappa shape index (κ3) is 14.9. The molecular formula is C16H33Na. The van der Waals surface area contributed by atoms with Crippen molar-refractivity contribution >= 4 is 27.9 Å². The molecule has 17 heavy (non-hydrogen) atoms. The Morgan fingerprint density at radius 1 is 0.588 bits per heavy atom. The fourth-order valence-electron chi connectivity index (χ4n) is 2.51. The molecule has 0 aliphatic heterocycles. The second-order valence-electron chi connectivity index (χ2n) is 5.86. The van der Waals surface area contributed by atoms with Gasteiger partial charge in [0, 0.05) is 0 Å². The van der Waals surface area contributed by atoms with Crippen LogP contribution >= 0.6 is 0 Å². The average molecular weight is 248 g/mol. The molecule has 0 aliphatic carbocycles. The van der Waals surface area contributed by atoms with Crippen molar-refractivity contribution in [3.63, 3.8) is 0 Å². The predicted octanol–water partition coefficient (Wildman–Crippen LogP) is 6.05. The Bertz CT molecular complexity index is 133. The Hall–Kier alpha value is 1.00. The summed E-state index contributed by atoms with van der Waals surface area (Å²) >= 11 is 1.43. The van der Waals surface area contributed by atoms with Gasteiger partial charge in [-0.2, -0.15) is 0 Å². The Kier molecular flexibility index (Phi) is 15.9. The fraction of sp³-hybridized carbons (Fsp3) is 1.00. The molecule has 0 N–H and O–H groups in total. The molecule has 0 rings (SSSR count). The monoisotopic (exact) mass is 248 g/mol. The summed E-state index contributed by atoms with van der Waals surface area (Å²) in [5, 5.41) is 0. The summed E-state index contributed by atoms with van der Waals surface area (Å²) in [6.07, 6.45) is 19.1. The van der Waals surface area contributed by atoms with Gasteiger partial charge in [0.15, 0.2) is 0 Å². The molecule has 0 aromatic carbocycles. The van der Waals surface area contributed by atoms with Gasteiger partial charge in [0.05, 0.1) is 0 Å². The minimum absolute atomic E-state index is 1.11. The third-order valence-corrected chi connectivity index (χ3v) is 5.01. The zero-order chi connectivity index (χ0) is 12.8. The van der Waals surface area contributed by atoms with Gasteiger partial charge in [-0.05, 0) is 0 Å². The fourth-order valence-corrected chi connectivity index (χ4v) is 3.33. The van der Waals surface area contributed by atoms with Crippen molar-refractivity contribution in [1.82, 2.24) is 0 Å². The molecule has 1 atom stereocenters. The van der Waals surface area contributed by atoms with Crippen LogP contribution in [-0.4, -0.2) is 27.9 Å². The van der Waals surface area contributed by atoms with Crippen LogP contribution in [0.15, 0.2) is 0 Å². The first-order valence-electron chi connectivity index (χ1n) is 8.31. The van der Waals surface area contributed by atoms with E-state index in [2.05, 4.69) is 13.8 Å². The van der Waals surface area contributed by atoms with Crippen molar-refractivity contribution in [2.75, 3.05) is 0 Å². The Morgan fingerprint density at radius 2 is 0.941 bits per heavy atom. The molecule has 0 saturated heterocycles. The van der Waals surface area contributed by atoms with E-state index in [4.69, 9.17) is 0 Å². The Balaban J connectivity index is 3.05. The summed E-state index contributed by atoms with van der Waals surface area (Å²) in [6, 6.07) is 0. The van der Waals surface area contributed by atoms with Gasteiger partial charge in [0.1, 0.15) is 0 Å². The molecule has 0 heterocycles. The van der Waals surface area contributed by atoms with Gasteiger partial charge in [-0.3, -0.25) is 0 Å². The molecule has 0 spiro atoms. The molecular weight excluding hydrogens is 215 g/mol. The summed E-state index contributed by atoms with van der Waals surface area (Å²) in [6.45, 7) is 4.60. The Morgan fingerprint density at radius 3 is 1.47 bits per heavy atom. The van der Waals surface area contributed by atoms with Crippen LogP contribution in [0, 0.1) is 0 Å². The molecule has 0 amide bonds. The number of hydrogen-bond donors (Lipinski definition) is 0. The molecule has 0 aromatic rings. The molecule has 1 heteroatoms. The van der Waals surface area contributed by atoms with E-state index in [0.29, 0.717) is 0 Å². The zero-order valence-electron chi connectivity index (χ0n) is 12.8. The molecule has 0 bridgehead atoms. The van der Waals surface area contributed by atoms with Crippen LogP contribution < -0.4 is 0 Å². The molecule has 0 aliphatic rings. The van der Waals surface area contributed by atoms with Crippen LogP contribution in [0.5, 0.6) is 0 Å². The third-order valence-electron chi connectivity index (χ3n) is 3.85. The van der Waals surface area contributed by atoms with Crippen LogP contribution in [0.3, 0.4) is 0 Å². The summed E-state index contributed by atoms with van der Waals surface area (Å²) in [5.74, 6) is 0. The van der Waals surface area contributed by atoms with Crippen LogP contribution in [0.4, 0.5) is 0 Å². The summed E-state index contributed by atoms with van der Waals surface area (Å²) in [5.41, 5.74) is 0. The van der Waals surface area contributed by atoms with Gasteiger partial charge in [0.2, 0.25) is 0 Å². The van der Waals surface area contributed by atoms with Crippen molar-refractivity contribution in [2.45, 2.75) is 100 Å². The Labute approximate surface area is 128 Å². The normalized spacial score (nSPS) is 12.9. The molecule has 0 nitrogen and oxygen atoms in total. The maximum absolute atomic E-state index is 2.31. The van der Waals surface area contributed by atoms with E-state index in [-0.39, 0.29) is 0 Å². The first-order valence-corrected chi connectivity index (χ1v) is 9.46. The first kappa shape index (κ1) is 18.0. The molecule has 0 fully saturated rings. The van der Waals surface area contributed by atoms with Crippen molar-refractivity contribution in [3.05, 3.63) is 0 Å². The van der Waals surface area contributed by atoms with Gasteiger partial charge in [-0.25, -0.2) is 0 Å². The molecule has 0 aromatic heterocycles. The SMILES string of the molecule is CCCCCCCCCC[CH]([Na])CCCCC. The van der Waals surface area contributed by atoms with E-state index >= 15 is 0 Å². The summed E-state index contributed by atoms with van der Waals surface area (Å²) < 4.78 is 1.11. The number of rotatable bonds is 13. The van der Waals surface area contributed by atoms with Gasteiger partial charge < -0.3 is 0 Å². The number of hydrogen-bond acceptors (Lipinski definition) is 0. The van der Waals surface area contributed by atoms with E-state index in [1.807, 2.05) is 0 Å². The second kappa shape index (κ2) is 15.1. The van der Waals surface area contributed by atoms with Crippen molar-refractivity contribution in [1.29, 1.82) is 0 Å². The zero-order valence-corrected chi connectivity index (χ0v) is 14.8. The molecule has 98 valence electrons. The molecule has 0 saturated carbocycles.